The number of nitrogens with zero attached hydrogens (tertiary/aromatic N) is 1. The Balaban J connectivity index is 2.32. The lowest BCUT2D eigenvalue weighted by Crippen LogP contribution is -2.42. The number of carbonyl (C=O) groups excluding carboxylic acids is 1. The van der Waals surface area contributed by atoms with E-state index in [2.05, 4.69) is 31.2 Å². The third kappa shape index (κ3) is 3.66. The average Bonchev–Trinajstić information content (AvgIpc) is 2.36. The van der Waals surface area contributed by atoms with Gasteiger partial charge >= 0.3 is 6.09 Å². The quantitative estimate of drug-likeness (QED) is 0.716. The van der Waals surface area contributed by atoms with Gasteiger partial charge in [-0.05, 0) is 52.2 Å². The molecule has 1 aromatic rings. The van der Waals surface area contributed by atoms with Gasteiger partial charge in [-0.15, -0.1) is 0 Å². The van der Waals surface area contributed by atoms with Crippen molar-refractivity contribution < 1.29 is 9.53 Å². The van der Waals surface area contributed by atoms with Gasteiger partial charge < -0.3 is 4.74 Å². The van der Waals surface area contributed by atoms with Gasteiger partial charge in [-0.3, -0.25) is 4.90 Å². The number of carbonyl (C=O) groups is 1. The van der Waals surface area contributed by atoms with E-state index in [0.717, 1.165) is 6.42 Å². The summed E-state index contributed by atoms with van der Waals surface area (Å²) < 4.78 is 5.55. The maximum absolute atomic E-state index is 12.4. The third-order valence-corrected chi connectivity index (χ3v) is 3.58. The van der Waals surface area contributed by atoms with Crippen LogP contribution >= 0.6 is 0 Å². The van der Waals surface area contributed by atoms with Crippen molar-refractivity contribution in [1.29, 1.82) is 0 Å². The highest BCUT2D eigenvalue weighted by Crippen LogP contribution is 2.32. The summed E-state index contributed by atoms with van der Waals surface area (Å²) in [6.45, 7) is 10.5. The van der Waals surface area contributed by atoms with Gasteiger partial charge in [-0.1, -0.05) is 35.9 Å². The summed E-state index contributed by atoms with van der Waals surface area (Å²) in [5.74, 6) is 0. The van der Waals surface area contributed by atoms with Crippen LogP contribution in [0.2, 0.25) is 0 Å². The molecule has 1 heterocycles. The number of rotatable bonds is 1. The van der Waals surface area contributed by atoms with E-state index >= 15 is 0 Å². The smallest absolute Gasteiger partial charge is 0.411 e. The molecule has 3 nitrogen and oxygen atoms in total. The number of fused-ring (bicyclic) bond motifs is 1. The minimum absolute atomic E-state index is 0.0331. The van der Waals surface area contributed by atoms with Gasteiger partial charge in [0.2, 0.25) is 0 Å². The highest BCUT2D eigenvalue weighted by atomic mass is 16.6. The van der Waals surface area contributed by atoms with Gasteiger partial charge in [-0.25, -0.2) is 4.79 Å². The summed E-state index contributed by atoms with van der Waals surface area (Å²) in [6, 6.07) is 6.42. The van der Waals surface area contributed by atoms with Crippen molar-refractivity contribution in [1.82, 2.24) is 4.90 Å². The van der Waals surface area contributed by atoms with Crippen LogP contribution in [0.4, 0.5) is 4.79 Å². The molecule has 0 bridgehead atoms. The SMILES string of the molecule is C/C=C/[C@H]1c2ccc(C)cc2CCN1C(=O)OC(C)(C)C. The first-order chi connectivity index (χ1) is 9.81. The van der Waals surface area contributed by atoms with Crippen molar-refractivity contribution in [2.24, 2.45) is 0 Å². The zero-order chi connectivity index (χ0) is 15.6. The highest BCUT2D eigenvalue weighted by molar-refractivity contribution is 5.70. The molecule has 0 spiro atoms. The van der Waals surface area contributed by atoms with Crippen LogP contribution in [0.15, 0.2) is 30.4 Å². The first-order valence-electron chi connectivity index (χ1n) is 7.53. The van der Waals surface area contributed by atoms with E-state index in [-0.39, 0.29) is 12.1 Å². The van der Waals surface area contributed by atoms with Gasteiger partial charge in [0, 0.05) is 6.54 Å². The van der Waals surface area contributed by atoms with Crippen molar-refractivity contribution in [2.75, 3.05) is 6.54 Å². The molecule has 0 aliphatic carbocycles. The molecule has 0 aromatic heterocycles. The van der Waals surface area contributed by atoms with Gasteiger partial charge in [0.05, 0.1) is 6.04 Å². The summed E-state index contributed by atoms with van der Waals surface area (Å²) in [5.41, 5.74) is 3.33. The van der Waals surface area contributed by atoms with E-state index in [1.54, 1.807) is 0 Å². The molecule has 0 radical (unpaired) electrons. The van der Waals surface area contributed by atoms with Crippen LogP contribution in [0.3, 0.4) is 0 Å². The maximum Gasteiger partial charge on any atom is 0.411 e. The van der Waals surface area contributed by atoms with Crippen molar-refractivity contribution in [3.05, 3.63) is 47.0 Å². The third-order valence-electron chi connectivity index (χ3n) is 3.58. The predicted octanol–water partition coefficient (Wildman–Crippen LogP) is 4.41. The number of hydrogen-bond donors (Lipinski definition) is 0. The molecule has 0 unspecified atom stereocenters. The van der Waals surface area contributed by atoms with E-state index in [0.29, 0.717) is 6.54 Å². The lowest BCUT2D eigenvalue weighted by Gasteiger charge is -2.37. The monoisotopic (exact) mass is 287 g/mol. The topological polar surface area (TPSA) is 29.5 Å². The Morgan fingerprint density at radius 1 is 1.38 bits per heavy atom. The molecule has 0 saturated heterocycles. The molecule has 1 atom stereocenters. The average molecular weight is 287 g/mol. The summed E-state index contributed by atoms with van der Waals surface area (Å²) in [7, 11) is 0. The van der Waals surface area contributed by atoms with Gasteiger partial charge in [0.15, 0.2) is 0 Å². The number of benzene rings is 1. The van der Waals surface area contributed by atoms with E-state index in [9.17, 15) is 4.79 Å². The molecular formula is C18H25NO2. The lowest BCUT2D eigenvalue weighted by atomic mass is 9.91. The van der Waals surface area contributed by atoms with Crippen LogP contribution in [-0.2, 0) is 11.2 Å². The van der Waals surface area contributed by atoms with Gasteiger partial charge in [-0.2, -0.15) is 0 Å². The molecule has 0 fully saturated rings. The second-order valence-electron chi connectivity index (χ2n) is 6.60. The Labute approximate surface area is 127 Å². The molecule has 2 rings (SSSR count). The van der Waals surface area contributed by atoms with Crippen LogP contribution in [0.5, 0.6) is 0 Å². The molecule has 0 N–H and O–H groups in total. The normalized spacial score (nSPS) is 18.7. The van der Waals surface area contributed by atoms with Crippen LogP contribution in [0.1, 0.15) is 50.4 Å². The van der Waals surface area contributed by atoms with Gasteiger partial charge in [0.1, 0.15) is 5.60 Å². The number of allylic oxidation sites excluding steroid dienone is 1. The molecule has 1 aromatic carbocycles. The largest absolute Gasteiger partial charge is 0.444 e. The Morgan fingerprint density at radius 3 is 2.71 bits per heavy atom. The van der Waals surface area contributed by atoms with E-state index in [4.69, 9.17) is 4.74 Å². The van der Waals surface area contributed by atoms with Crippen molar-refractivity contribution in [3.63, 3.8) is 0 Å². The standard InChI is InChI=1S/C18H25NO2/c1-6-7-16-15-9-8-13(2)12-14(15)10-11-19(16)17(20)21-18(3,4)5/h6-9,12,16H,10-11H2,1-5H3/b7-6+/t16-/m0/s1. The molecule has 21 heavy (non-hydrogen) atoms. The summed E-state index contributed by atoms with van der Waals surface area (Å²) in [4.78, 5) is 14.3. The Hall–Kier alpha value is -1.77. The molecule has 114 valence electrons. The molecule has 1 aliphatic heterocycles. The Morgan fingerprint density at radius 2 is 2.10 bits per heavy atom. The van der Waals surface area contributed by atoms with Crippen LogP contribution in [0, 0.1) is 6.92 Å². The first kappa shape index (κ1) is 15.6. The highest BCUT2D eigenvalue weighted by Gasteiger charge is 2.32. The second-order valence-corrected chi connectivity index (χ2v) is 6.60. The van der Waals surface area contributed by atoms with E-state index in [1.165, 1.54) is 16.7 Å². The van der Waals surface area contributed by atoms with Crippen molar-refractivity contribution in [3.8, 4) is 0 Å². The molecule has 1 aliphatic rings. The zero-order valence-electron chi connectivity index (χ0n) is 13.6. The first-order valence-corrected chi connectivity index (χ1v) is 7.53. The summed E-state index contributed by atoms with van der Waals surface area (Å²) in [6.07, 6.45) is 4.70. The fourth-order valence-electron chi connectivity index (χ4n) is 2.70. The predicted molar refractivity (Wildman–Crippen MR) is 85.4 cm³/mol. The molecule has 1 amide bonds. The van der Waals surface area contributed by atoms with Gasteiger partial charge in [0.25, 0.3) is 0 Å². The second kappa shape index (κ2) is 5.92. The van der Waals surface area contributed by atoms with Crippen LogP contribution in [-0.4, -0.2) is 23.1 Å². The number of amides is 1. The zero-order valence-corrected chi connectivity index (χ0v) is 13.6. The minimum Gasteiger partial charge on any atom is -0.444 e. The summed E-state index contributed by atoms with van der Waals surface area (Å²) in [5, 5.41) is 0. The Kier molecular flexibility index (Phi) is 4.40. The Bertz CT molecular complexity index is 555. The fraction of sp³-hybridized carbons (Fsp3) is 0.500. The van der Waals surface area contributed by atoms with Crippen LogP contribution in [0.25, 0.3) is 0 Å². The lowest BCUT2D eigenvalue weighted by molar-refractivity contribution is 0.0184. The number of hydrogen-bond acceptors (Lipinski definition) is 2. The van der Waals surface area contributed by atoms with E-state index < -0.39 is 5.60 Å². The van der Waals surface area contributed by atoms with E-state index in [1.807, 2.05) is 38.7 Å². The molecular weight excluding hydrogens is 262 g/mol. The van der Waals surface area contributed by atoms with Crippen molar-refractivity contribution >= 4 is 6.09 Å². The molecule has 0 saturated carbocycles. The number of ether oxygens (including phenoxy) is 1. The fourth-order valence-corrected chi connectivity index (χ4v) is 2.70. The number of aryl methyl sites for hydroxylation is 1. The maximum atomic E-state index is 12.4. The van der Waals surface area contributed by atoms with Crippen molar-refractivity contribution in [2.45, 2.75) is 52.7 Å². The summed E-state index contributed by atoms with van der Waals surface area (Å²) >= 11 is 0. The van der Waals surface area contributed by atoms with Crippen LogP contribution < -0.4 is 0 Å². The molecule has 3 heteroatoms. The minimum atomic E-state index is -0.467.